The first-order chi connectivity index (χ1) is 18.3. The van der Waals surface area contributed by atoms with Gasteiger partial charge in [0.25, 0.3) is 0 Å². The summed E-state index contributed by atoms with van der Waals surface area (Å²) in [5.74, 6) is 1.57. The van der Waals surface area contributed by atoms with Crippen LogP contribution in [0.15, 0.2) is 62.5 Å². The summed E-state index contributed by atoms with van der Waals surface area (Å²) in [6.45, 7) is 20.7. The van der Waals surface area contributed by atoms with Crippen molar-refractivity contribution in [2.75, 3.05) is 0 Å². The second kappa shape index (κ2) is 18.2. The largest absolute Gasteiger partial charge is 1.00 e. The Kier molecular flexibility index (Phi) is 17.2. The van der Waals surface area contributed by atoms with Crippen LogP contribution in [0, 0.1) is 0 Å². The van der Waals surface area contributed by atoms with E-state index < -0.39 is 0 Å². The molecule has 2 aromatic carbocycles. The van der Waals surface area contributed by atoms with Crippen LogP contribution < -0.4 is 24.8 Å². The molecule has 0 saturated carbocycles. The van der Waals surface area contributed by atoms with Gasteiger partial charge in [0.05, 0.1) is 0 Å². The van der Waals surface area contributed by atoms with Crippen molar-refractivity contribution >= 4 is 22.9 Å². The Morgan fingerprint density at radius 1 is 0.561 bits per heavy atom. The van der Waals surface area contributed by atoms with Crippen molar-refractivity contribution in [2.24, 2.45) is 7.92 Å². The Morgan fingerprint density at radius 2 is 0.829 bits per heavy atom. The minimum atomic E-state index is -0.127. The third-order valence-corrected chi connectivity index (χ3v) is 7.10. The number of hydrogen-bond acceptors (Lipinski definition) is 5. The molecule has 5 nitrogen and oxygen atoms in total. The molecule has 224 valence electrons. The van der Waals surface area contributed by atoms with E-state index in [4.69, 9.17) is 7.92 Å². The molecule has 0 aliphatic rings. The van der Waals surface area contributed by atoms with Gasteiger partial charge in [-0.1, -0.05) is 6.07 Å². The molecule has 0 spiro atoms. The molecule has 0 N–H and O–H groups in total. The maximum absolute atomic E-state index is 10.8. The van der Waals surface area contributed by atoms with Crippen molar-refractivity contribution in [1.29, 1.82) is 0 Å². The molecular formula is C33H43Cl2FeN3O2. The summed E-state index contributed by atoms with van der Waals surface area (Å²) >= 11 is 0.479. The molecule has 3 aromatic rings. The Morgan fingerprint density at radius 3 is 1.07 bits per heavy atom. The number of Topliss-reactive ketones (excluding diaryl/α,β-unsaturated/α-hetero) is 2. The fourth-order valence-corrected chi connectivity index (χ4v) is 4.97. The van der Waals surface area contributed by atoms with E-state index in [1.54, 1.807) is 18.2 Å². The van der Waals surface area contributed by atoms with Gasteiger partial charge in [0.2, 0.25) is 0 Å². The second-order valence-corrected chi connectivity index (χ2v) is 11.7. The summed E-state index contributed by atoms with van der Waals surface area (Å²) in [4.78, 5) is 25.6. The maximum Gasteiger partial charge on any atom is -1.00 e. The number of hydrogen-bond donors (Lipinski definition) is 0. The molecule has 8 heteroatoms. The molecule has 1 heterocycles. The summed E-state index contributed by atoms with van der Waals surface area (Å²) in [6, 6.07) is 18.0. The smallest absolute Gasteiger partial charge is 1.00 e. The number of rotatable bonds is 8. The molecule has 0 fully saturated rings. The van der Waals surface area contributed by atoms with E-state index in [0.29, 0.717) is 49.6 Å². The van der Waals surface area contributed by atoms with Crippen molar-refractivity contribution in [3.63, 3.8) is 0 Å². The summed E-state index contributed by atoms with van der Waals surface area (Å²) in [5, 5.41) is 0. The number of pyridine rings is 1. The van der Waals surface area contributed by atoms with Gasteiger partial charge in [0.15, 0.2) is 11.6 Å². The average molecular weight is 640 g/mol. The number of carbonyl (C=O) groups is 2. The summed E-state index contributed by atoms with van der Waals surface area (Å²) in [6.07, 6.45) is 0. The molecule has 0 aliphatic heterocycles. The predicted octanol–water partition coefficient (Wildman–Crippen LogP) is 4.09. The van der Waals surface area contributed by atoms with Gasteiger partial charge in [-0.2, -0.15) is 0 Å². The van der Waals surface area contributed by atoms with E-state index >= 15 is 0 Å². The molecule has 0 atom stereocenters. The first-order valence-corrected chi connectivity index (χ1v) is 14.6. The van der Waals surface area contributed by atoms with E-state index in [-0.39, 0.29) is 36.4 Å². The number of carbonyl (C=O) groups excluding carboxylic acids is 2. The van der Waals surface area contributed by atoms with Gasteiger partial charge in [-0.3, -0.25) is 9.59 Å². The van der Waals surface area contributed by atoms with Gasteiger partial charge < -0.3 is 24.8 Å². The zero-order valence-corrected chi connectivity index (χ0v) is 28.4. The van der Waals surface area contributed by atoms with E-state index in [9.17, 15) is 9.59 Å². The fraction of sp³-hybridized carbons (Fsp3) is 0.424. The molecule has 3 rings (SSSR count). The van der Waals surface area contributed by atoms with Gasteiger partial charge in [0.1, 0.15) is 11.4 Å². The van der Waals surface area contributed by atoms with Crippen molar-refractivity contribution in [1.82, 2.24) is 4.98 Å². The predicted molar refractivity (Wildman–Crippen MR) is 158 cm³/mol. The summed E-state index contributed by atoms with van der Waals surface area (Å²) in [5.41, 5.74) is 8.22. The van der Waals surface area contributed by atoms with E-state index in [1.807, 2.05) is 0 Å². The van der Waals surface area contributed by atoms with Crippen molar-refractivity contribution in [2.45, 2.75) is 92.9 Å². The molecule has 1 aromatic heterocycles. The van der Waals surface area contributed by atoms with Crippen LogP contribution in [0.5, 0.6) is 0 Å². The van der Waals surface area contributed by atoms with Crippen molar-refractivity contribution in [3.8, 4) is 0 Å². The molecule has 0 bridgehead atoms. The Labute approximate surface area is 264 Å². The molecule has 41 heavy (non-hydrogen) atoms. The third-order valence-electron chi connectivity index (χ3n) is 6.38. The SMILES string of the molecule is CC(=O)c1cccc(C(C)=O)n1.CC(C)c1cccc(C(C)C)c1[N]=[Fe+2]=[N]c1c(C(C)C)cccc1C(C)C.[Cl-].[Cl-]. The minimum absolute atomic E-state index is 0. The number of aromatic nitrogens is 1. The standard InChI is InChI=1S/2C12H17N.C9H9NO2.2ClH.Fe/c2*1-8(2)10-6-5-7-11(9(3)4)12(10)13;1-6(11)8-4-3-5-9(10-8)7(2)12;;;/h2*5-9H,1-4H3;3-5H,1-2H3;2*1H;/q;;;;;+2/p-2. The number of benzene rings is 2. The average Bonchev–Trinajstić information content (AvgIpc) is 2.88. The molecule has 0 aliphatic carbocycles. The Hall–Kier alpha value is -2.37. The summed E-state index contributed by atoms with van der Waals surface area (Å²) in [7, 11) is 0. The third kappa shape index (κ3) is 11.1. The fourth-order valence-electron chi connectivity index (χ4n) is 4.12. The zero-order valence-electron chi connectivity index (χ0n) is 25.8. The Bertz CT molecular complexity index is 1230. The maximum atomic E-state index is 10.8. The van der Waals surface area contributed by atoms with Crippen LogP contribution >= 0.6 is 0 Å². The molecule has 0 saturated heterocycles. The Balaban J connectivity index is 0.000000966. The number of ketones is 2. The molecule has 0 radical (unpaired) electrons. The normalized spacial score (nSPS) is 10.4. The van der Waals surface area contributed by atoms with Crippen LogP contribution in [0.25, 0.3) is 0 Å². The van der Waals surface area contributed by atoms with E-state index in [2.05, 4.69) is 96.8 Å². The van der Waals surface area contributed by atoms with E-state index in [0.717, 1.165) is 11.4 Å². The molecule has 0 amide bonds. The molecule has 0 unspecified atom stereocenters. The van der Waals surface area contributed by atoms with Crippen molar-refractivity contribution in [3.05, 3.63) is 88.2 Å². The quantitative estimate of drug-likeness (QED) is 0.275. The topological polar surface area (TPSA) is 71.8 Å². The number of halogens is 2. The van der Waals surface area contributed by atoms with Crippen LogP contribution in [0.3, 0.4) is 0 Å². The van der Waals surface area contributed by atoms with E-state index in [1.165, 1.54) is 36.1 Å². The van der Waals surface area contributed by atoms with Gasteiger partial charge in [0, 0.05) is 13.8 Å². The van der Waals surface area contributed by atoms with Gasteiger partial charge in [-0.15, -0.1) is 0 Å². The zero-order chi connectivity index (χ0) is 29.3. The monoisotopic (exact) mass is 639 g/mol. The minimum Gasteiger partial charge on any atom is -1.00 e. The van der Waals surface area contributed by atoms with Crippen LogP contribution in [0.4, 0.5) is 11.4 Å². The van der Waals surface area contributed by atoms with Crippen LogP contribution in [0.1, 0.15) is 136 Å². The first kappa shape index (κ1) is 38.6. The van der Waals surface area contributed by atoms with Gasteiger partial charge in [-0.05, 0) is 12.1 Å². The van der Waals surface area contributed by atoms with Gasteiger partial charge >= 0.3 is 172 Å². The van der Waals surface area contributed by atoms with Gasteiger partial charge in [-0.25, -0.2) is 4.98 Å². The van der Waals surface area contributed by atoms with Crippen LogP contribution in [0.2, 0.25) is 0 Å². The number of nitrogens with zero attached hydrogens (tertiary/aromatic N) is 3. The van der Waals surface area contributed by atoms with Crippen molar-refractivity contribution < 1.29 is 49.0 Å². The summed E-state index contributed by atoms with van der Waals surface area (Å²) < 4.78 is 9.96. The second-order valence-electron chi connectivity index (χ2n) is 10.9. The van der Waals surface area contributed by atoms with Crippen LogP contribution in [-0.2, 0) is 14.6 Å². The molecular weight excluding hydrogens is 597 g/mol. The van der Waals surface area contributed by atoms with Crippen LogP contribution in [-0.4, -0.2) is 16.6 Å². The first-order valence-electron chi connectivity index (χ1n) is 13.6.